The Bertz CT molecular complexity index is 1060. The number of methoxy groups -OCH3 is 2. The van der Waals surface area contributed by atoms with E-state index in [-0.39, 0.29) is 17.7 Å². The highest BCUT2D eigenvalue weighted by molar-refractivity contribution is 6.07. The van der Waals surface area contributed by atoms with Crippen LogP contribution in [-0.4, -0.2) is 62.1 Å². The van der Waals surface area contributed by atoms with Gasteiger partial charge in [0.2, 0.25) is 5.91 Å². The van der Waals surface area contributed by atoms with Crippen molar-refractivity contribution in [3.63, 3.8) is 0 Å². The molecule has 35 heavy (non-hydrogen) atoms. The zero-order chi connectivity index (χ0) is 24.2. The normalized spacial score (nSPS) is 23.0. The fraction of sp³-hybridized carbons (Fsp3) is 0.500. The molecule has 0 radical (unpaired) electrons. The molecular formula is C28H35N3O4. The second kappa shape index (κ2) is 10.8. The average Bonchev–Trinajstić information content (AvgIpc) is 2.91. The highest BCUT2D eigenvalue weighted by Crippen LogP contribution is 2.39. The molecule has 0 bridgehead atoms. The summed E-state index contributed by atoms with van der Waals surface area (Å²) in [4.78, 5) is 15.9. The van der Waals surface area contributed by atoms with Crippen LogP contribution in [0.5, 0.6) is 11.5 Å². The molecule has 2 aromatic rings. The summed E-state index contributed by atoms with van der Waals surface area (Å²) in [5.41, 5.74) is 4.35. The first-order valence-electron chi connectivity index (χ1n) is 12.7. The fourth-order valence-electron chi connectivity index (χ4n) is 5.52. The lowest BCUT2D eigenvalue weighted by Crippen LogP contribution is -2.45. The second-order valence-electron chi connectivity index (χ2n) is 9.65. The van der Waals surface area contributed by atoms with Gasteiger partial charge in [0, 0.05) is 37.0 Å². The first-order valence-corrected chi connectivity index (χ1v) is 12.7. The Morgan fingerprint density at radius 1 is 0.886 bits per heavy atom. The van der Waals surface area contributed by atoms with E-state index in [1.54, 1.807) is 19.2 Å². The van der Waals surface area contributed by atoms with E-state index in [4.69, 9.17) is 19.3 Å². The smallest absolute Gasteiger partial charge is 0.246 e. The zero-order valence-corrected chi connectivity index (χ0v) is 20.7. The van der Waals surface area contributed by atoms with E-state index >= 15 is 0 Å². The predicted octanol–water partition coefficient (Wildman–Crippen LogP) is 4.09. The third-order valence-corrected chi connectivity index (χ3v) is 7.46. The van der Waals surface area contributed by atoms with Gasteiger partial charge in [-0.3, -0.25) is 9.69 Å². The van der Waals surface area contributed by atoms with Gasteiger partial charge in [-0.25, -0.2) is 5.01 Å². The van der Waals surface area contributed by atoms with Gasteiger partial charge in [-0.05, 0) is 42.2 Å². The Kier molecular flexibility index (Phi) is 7.35. The monoisotopic (exact) mass is 477 g/mol. The quantitative estimate of drug-likeness (QED) is 0.601. The summed E-state index contributed by atoms with van der Waals surface area (Å²) in [6.07, 6.45) is 4.14. The van der Waals surface area contributed by atoms with Gasteiger partial charge in [-0.2, -0.15) is 5.10 Å². The Hall–Kier alpha value is -2.90. The molecule has 2 heterocycles. The molecule has 2 aliphatic heterocycles. The van der Waals surface area contributed by atoms with Crippen LogP contribution in [0, 0.1) is 11.8 Å². The zero-order valence-electron chi connectivity index (χ0n) is 20.7. The van der Waals surface area contributed by atoms with Gasteiger partial charge in [0.15, 0.2) is 11.5 Å². The Morgan fingerprint density at radius 3 is 2.23 bits per heavy atom. The largest absolute Gasteiger partial charge is 0.493 e. The van der Waals surface area contributed by atoms with Crippen LogP contribution in [0.2, 0.25) is 0 Å². The van der Waals surface area contributed by atoms with Crippen LogP contribution in [0.3, 0.4) is 0 Å². The van der Waals surface area contributed by atoms with Gasteiger partial charge in [0.05, 0.1) is 39.7 Å². The summed E-state index contributed by atoms with van der Waals surface area (Å²) in [5, 5.41) is 6.63. The van der Waals surface area contributed by atoms with Gasteiger partial charge >= 0.3 is 0 Å². The molecule has 1 saturated heterocycles. The number of rotatable bonds is 7. The minimum Gasteiger partial charge on any atom is -0.493 e. The Balaban J connectivity index is 1.38. The Labute approximate surface area is 207 Å². The molecule has 2 unspecified atom stereocenters. The number of hydrazone groups is 1. The van der Waals surface area contributed by atoms with Crippen molar-refractivity contribution in [1.82, 2.24) is 9.91 Å². The van der Waals surface area contributed by atoms with Gasteiger partial charge in [0.1, 0.15) is 0 Å². The highest BCUT2D eigenvalue weighted by atomic mass is 16.5. The van der Waals surface area contributed by atoms with E-state index in [1.165, 1.54) is 5.56 Å². The number of morpholine rings is 1. The lowest BCUT2D eigenvalue weighted by atomic mass is 9.73. The molecule has 1 amide bonds. The predicted molar refractivity (Wildman–Crippen MR) is 135 cm³/mol. The van der Waals surface area contributed by atoms with Crippen LogP contribution in [0.4, 0.5) is 0 Å². The van der Waals surface area contributed by atoms with Crippen LogP contribution in [0.15, 0.2) is 47.6 Å². The number of carbonyl (C=O) groups excluding carboxylic acids is 1. The summed E-state index contributed by atoms with van der Waals surface area (Å²) in [6, 6.07) is 14.5. The average molecular weight is 478 g/mol. The molecule has 186 valence electrons. The number of nitrogens with zero attached hydrogens (tertiary/aromatic N) is 3. The van der Waals surface area contributed by atoms with Crippen molar-refractivity contribution >= 4 is 11.6 Å². The molecule has 0 spiro atoms. The van der Waals surface area contributed by atoms with Crippen LogP contribution >= 0.6 is 0 Å². The van der Waals surface area contributed by atoms with Crippen molar-refractivity contribution in [3.8, 4) is 11.5 Å². The van der Waals surface area contributed by atoms with Gasteiger partial charge < -0.3 is 14.2 Å². The van der Waals surface area contributed by atoms with Crippen molar-refractivity contribution in [1.29, 1.82) is 0 Å². The van der Waals surface area contributed by atoms with E-state index in [2.05, 4.69) is 29.2 Å². The van der Waals surface area contributed by atoms with Gasteiger partial charge in [0.25, 0.3) is 0 Å². The Morgan fingerprint density at radius 2 is 1.54 bits per heavy atom. The van der Waals surface area contributed by atoms with Crippen LogP contribution < -0.4 is 9.47 Å². The molecule has 2 aromatic carbocycles. The number of ether oxygens (including phenoxy) is 3. The third-order valence-electron chi connectivity index (χ3n) is 7.46. The van der Waals surface area contributed by atoms with Gasteiger partial charge in [-0.1, -0.05) is 37.1 Å². The lowest BCUT2D eigenvalue weighted by molar-refractivity contribution is -0.139. The molecule has 5 rings (SSSR count). The number of hydrogen-bond acceptors (Lipinski definition) is 6. The summed E-state index contributed by atoms with van der Waals surface area (Å²) in [7, 11) is 3.28. The second-order valence-corrected chi connectivity index (χ2v) is 9.65. The molecule has 1 aliphatic carbocycles. The maximum Gasteiger partial charge on any atom is 0.246 e. The highest BCUT2D eigenvalue weighted by Gasteiger charge is 2.41. The SMILES string of the molecule is COc1ccc(C2=NN(Cc3ccc(CN4CCOCC4)cc3)C(=O)C3CCCCC23)cc1OC. The maximum absolute atomic E-state index is 13.4. The van der Waals surface area contributed by atoms with Crippen molar-refractivity contribution in [2.45, 2.75) is 38.8 Å². The molecule has 1 saturated carbocycles. The first kappa shape index (κ1) is 23.8. The number of hydrogen-bond donors (Lipinski definition) is 0. The minimum atomic E-state index is -0.00931. The summed E-state index contributed by atoms with van der Waals surface area (Å²) in [5.74, 6) is 1.67. The molecule has 7 nitrogen and oxygen atoms in total. The summed E-state index contributed by atoms with van der Waals surface area (Å²) >= 11 is 0. The van der Waals surface area contributed by atoms with E-state index in [1.807, 2.05) is 18.2 Å². The number of carbonyl (C=O) groups is 1. The first-order chi connectivity index (χ1) is 17.2. The van der Waals surface area contributed by atoms with Crippen LogP contribution in [-0.2, 0) is 22.6 Å². The molecule has 3 aliphatic rings. The maximum atomic E-state index is 13.4. The van der Waals surface area contributed by atoms with E-state index < -0.39 is 0 Å². The topological polar surface area (TPSA) is 63.6 Å². The van der Waals surface area contributed by atoms with Crippen molar-refractivity contribution in [2.24, 2.45) is 16.9 Å². The molecule has 7 heteroatoms. The third kappa shape index (κ3) is 5.21. The van der Waals surface area contributed by atoms with Crippen molar-refractivity contribution < 1.29 is 19.0 Å². The molecule has 2 atom stereocenters. The van der Waals surface area contributed by atoms with Gasteiger partial charge in [-0.15, -0.1) is 0 Å². The number of fused-ring (bicyclic) bond motifs is 1. The molecule has 2 fully saturated rings. The lowest BCUT2D eigenvalue weighted by Gasteiger charge is -2.38. The van der Waals surface area contributed by atoms with E-state index in [9.17, 15) is 4.79 Å². The molecule has 0 aromatic heterocycles. The summed E-state index contributed by atoms with van der Waals surface area (Å²) in [6.45, 7) is 4.96. The van der Waals surface area contributed by atoms with Crippen LogP contribution in [0.25, 0.3) is 0 Å². The fourth-order valence-corrected chi connectivity index (χ4v) is 5.52. The van der Waals surface area contributed by atoms with E-state index in [0.717, 1.165) is 75.4 Å². The number of benzene rings is 2. The van der Waals surface area contributed by atoms with Crippen molar-refractivity contribution in [2.75, 3.05) is 40.5 Å². The minimum absolute atomic E-state index is 0.00931. The van der Waals surface area contributed by atoms with Crippen LogP contribution in [0.1, 0.15) is 42.4 Å². The summed E-state index contributed by atoms with van der Waals surface area (Å²) < 4.78 is 16.4. The van der Waals surface area contributed by atoms with Crippen molar-refractivity contribution in [3.05, 3.63) is 59.2 Å². The standard InChI is InChI=1S/C28H35N3O4/c1-33-25-12-11-22(17-26(25)34-2)27-23-5-3-4-6-24(23)28(32)31(29-27)19-21-9-7-20(8-10-21)18-30-13-15-35-16-14-30/h7-12,17,23-24H,3-6,13-16,18-19H2,1-2H3. The molecular weight excluding hydrogens is 442 g/mol. The number of amides is 1. The molecule has 0 N–H and O–H groups in total. The van der Waals surface area contributed by atoms with E-state index in [0.29, 0.717) is 18.0 Å².